The average molecular weight is 246 g/mol. The standard InChI is InChI=1S/C5H12N2O2.C2HF3O2/c1-7(2)3-4(6)5(8)9;3-2(4,5)1(6)7/h4H,3,6H2,1-2H3,(H,8,9);(H,6,7). The van der Waals surface area contributed by atoms with Gasteiger partial charge < -0.3 is 20.8 Å². The van der Waals surface area contributed by atoms with E-state index in [0.29, 0.717) is 6.54 Å². The molecule has 0 heterocycles. The molecule has 9 heteroatoms. The van der Waals surface area contributed by atoms with Crippen LogP contribution in [0.2, 0.25) is 0 Å². The Morgan fingerprint density at radius 3 is 1.69 bits per heavy atom. The molecule has 0 aliphatic rings. The van der Waals surface area contributed by atoms with Crippen molar-refractivity contribution in [2.45, 2.75) is 12.2 Å². The normalized spacial score (nSPS) is 12.7. The SMILES string of the molecule is CN(C)CC(N)C(=O)O.O=C(O)C(F)(F)F. The van der Waals surface area contributed by atoms with Gasteiger partial charge in [0, 0.05) is 6.54 Å². The van der Waals surface area contributed by atoms with Crippen molar-refractivity contribution in [3.05, 3.63) is 0 Å². The number of nitrogens with zero attached hydrogens (tertiary/aromatic N) is 1. The van der Waals surface area contributed by atoms with Crippen molar-refractivity contribution in [3.8, 4) is 0 Å². The molecule has 0 aromatic heterocycles. The molecule has 0 aromatic carbocycles. The molecule has 0 radical (unpaired) electrons. The zero-order valence-electron chi connectivity index (χ0n) is 8.65. The fourth-order valence-corrected chi connectivity index (χ4v) is 0.471. The molecule has 0 aliphatic carbocycles. The van der Waals surface area contributed by atoms with Gasteiger partial charge in [0.05, 0.1) is 0 Å². The van der Waals surface area contributed by atoms with Gasteiger partial charge in [-0.05, 0) is 14.1 Å². The van der Waals surface area contributed by atoms with E-state index in [9.17, 15) is 18.0 Å². The van der Waals surface area contributed by atoms with Gasteiger partial charge in [0.25, 0.3) is 0 Å². The van der Waals surface area contributed by atoms with Gasteiger partial charge >= 0.3 is 18.1 Å². The topological polar surface area (TPSA) is 104 Å². The second-order valence-corrected chi connectivity index (χ2v) is 3.01. The molecule has 6 nitrogen and oxygen atoms in total. The Kier molecular flexibility index (Phi) is 7.48. The summed E-state index contributed by atoms with van der Waals surface area (Å²) in [6.45, 7) is 0.384. The zero-order chi connectivity index (χ0) is 13.5. The van der Waals surface area contributed by atoms with Crippen LogP contribution < -0.4 is 5.73 Å². The Morgan fingerprint density at radius 2 is 1.62 bits per heavy atom. The molecule has 0 saturated carbocycles. The fourth-order valence-electron chi connectivity index (χ4n) is 0.471. The minimum atomic E-state index is -5.08. The first-order valence-electron chi connectivity index (χ1n) is 3.91. The highest BCUT2D eigenvalue weighted by molar-refractivity contribution is 5.73. The summed E-state index contributed by atoms with van der Waals surface area (Å²) >= 11 is 0. The third-order valence-corrected chi connectivity index (χ3v) is 1.12. The van der Waals surface area contributed by atoms with E-state index < -0.39 is 24.2 Å². The molecule has 0 rings (SSSR count). The lowest BCUT2D eigenvalue weighted by molar-refractivity contribution is -0.192. The predicted molar refractivity (Wildman–Crippen MR) is 47.9 cm³/mol. The number of carboxylic acid groups (broad SMARTS) is 2. The number of likely N-dealkylation sites (N-methyl/N-ethyl adjacent to an activating group) is 1. The van der Waals surface area contributed by atoms with Crippen molar-refractivity contribution in [2.24, 2.45) is 5.73 Å². The summed E-state index contributed by atoms with van der Waals surface area (Å²) in [6, 6.07) is -0.764. The van der Waals surface area contributed by atoms with E-state index in [0.717, 1.165) is 0 Å². The smallest absolute Gasteiger partial charge is 0.480 e. The van der Waals surface area contributed by atoms with E-state index in [2.05, 4.69) is 0 Å². The second-order valence-electron chi connectivity index (χ2n) is 3.01. The predicted octanol–water partition coefficient (Wildman–Crippen LogP) is -0.407. The maximum atomic E-state index is 10.6. The first-order chi connectivity index (χ1) is 6.98. The number of alkyl halides is 3. The molecule has 96 valence electrons. The number of hydrogen-bond acceptors (Lipinski definition) is 4. The molecule has 0 bridgehead atoms. The van der Waals surface area contributed by atoms with Crippen LogP contribution >= 0.6 is 0 Å². The van der Waals surface area contributed by atoms with Crippen LogP contribution in [0.15, 0.2) is 0 Å². The van der Waals surface area contributed by atoms with Crippen LogP contribution in [0, 0.1) is 0 Å². The molecule has 0 fully saturated rings. The third kappa shape index (κ3) is 10.7. The molecule has 4 N–H and O–H groups in total. The first-order valence-corrected chi connectivity index (χ1v) is 3.91. The van der Waals surface area contributed by atoms with Crippen LogP contribution in [0.3, 0.4) is 0 Å². The van der Waals surface area contributed by atoms with E-state index in [1.807, 2.05) is 0 Å². The van der Waals surface area contributed by atoms with Crippen molar-refractivity contribution in [1.29, 1.82) is 0 Å². The Balaban J connectivity index is 0. The van der Waals surface area contributed by atoms with Crippen molar-refractivity contribution in [1.82, 2.24) is 4.90 Å². The van der Waals surface area contributed by atoms with Gasteiger partial charge in [0.2, 0.25) is 0 Å². The van der Waals surface area contributed by atoms with Gasteiger partial charge in [-0.2, -0.15) is 13.2 Å². The molecular weight excluding hydrogens is 233 g/mol. The summed E-state index contributed by atoms with van der Waals surface area (Å²) in [5, 5.41) is 15.4. The van der Waals surface area contributed by atoms with Gasteiger partial charge in [-0.3, -0.25) is 4.79 Å². The molecule has 0 amide bonds. The van der Waals surface area contributed by atoms with Crippen LogP contribution in [-0.2, 0) is 9.59 Å². The van der Waals surface area contributed by atoms with E-state index in [1.165, 1.54) is 0 Å². The fraction of sp³-hybridized carbons (Fsp3) is 0.714. The Labute approximate surface area is 89.4 Å². The molecule has 16 heavy (non-hydrogen) atoms. The van der Waals surface area contributed by atoms with Crippen molar-refractivity contribution in [3.63, 3.8) is 0 Å². The first kappa shape index (κ1) is 17.1. The number of carboxylic acids is 2. The number of aliphatic carboxylic acids is 2. The van der Waals surface area contributed by atoms with Gasteiger partial charge in [0.15, 0.2) is 0 Å². The Hall–Kier alpha value is -1.35. The van der Waals surface area contributed by atoms with E-state index in [-0.39, 0.29) is 0 Å². The highest BCUT2D eigenvalue weighted by Gasteiger charge is 2.38. The number of hydrogen-bond donors (Lipinski definition) is 3. The molecule has 1 atom stereocenters. The van der Waals surface area contributed by atoms with Crippen molar-refractivity contribution in [2.75, 3.05) is 20.6 Å². The molecule has 0 saturated heterocycles. The van der Waals surface area contributed by atoms with E-state index in [1.54, 1.807) is 19.0 Å². The minimum absolute atomic E-state index is 0.384. The summed E-state index contributed by atoms with van der Waals surface area (Å²) in [5.74, 6) is -3.71. The van der Waals surface area contributed by atoms with Gasteiger partial charge in [-0.15, -0.1) is 0 Å². The van der Waals surface area contributed by atoms with Crippen molar-refractivity contribution < 1.29 is 33.0 Å². The molecular formula is C7H13F3N2O4. The van der Waals surface area contributed by atoms with Crippen LogP contribution in [-0.4, -0.2) is 59.9 Å². The Morgan fingerprint density at radius 1 is 1.31 bits per heavy atom. The van der Waals surface area contributed by atoms with Gasteiger partial charge in [-0.1, -0.05) is 0 Å². The molecule has 0 aromatic rings. The zero-order valence-corrected chi connectivity index (χ0v) is 8.65. The summed E-state index contributed by atoms with van der Waals surface area (Å²) in [4.78, 5) is 20.7. The number of halogens is 3. The van der Waals surface area contributed by atoms with E-state index >= 15 is 0 Å². The lowest BCUT2D eigenvalue weighted by atomic mass is 10.3. The summed E-state index contributed by atoms with van der Waals surface area (Å²) in [5.41, 5.74) is 5.18. The van der Waals surface area contributed by atoms with Crippen LogP contribution in [0.25, 0.3) is 0 Å². The van der Waals surface area contributed by atoms with Crippen LogP contribution in [0.1, 0.15) is 0 Å². The van der Waals surface area contributed by atoms with E-state index in [4.69, 9.17) is 20.7 Å². The van der Waals surface area contributed by atoms with Gasteiger partial charge in [0.1, 0.15) is 6.04 Å². The Bertz CT molecular complexity index is 242. The minimum Gasteiger partial charge on any atom is -0.480 e. The highest BCUT2D eigenvalue weighted by Crippen LogP contribution is 2.13. The average Bonchev–Trinajstić information content (AvgIpc) is 2.01. The van der Waals surface area contributed by atoms with Gasteiger partial charge in [-0.25, -0.2) is 4.79 Å². The quantitative estimate of drug-likeness (QED) is 0.625. The lowest BCUT2D eigenvalue weighted by Crippen LogP contribution is -2.39. The monoisotopic (exact) mass is 246 g/mol. The maximum Gasteiger partial charge on any atom is 0.490 e. The van der Waals surface area contributed by atoms with Crippen LogP contribution in [0.5, 0.6) is 0 Å². The number of rotatable bonds is 3. The number of nitrogens with two attached hydrogens (primary N) is 1. The maximum absolute atomic E-state index is 10.6. The summed E-state index contributed by atoms with van der Waals surface area (Å²) in [6.07, 6.45) is -5.08. The van der Waals surface area contributed by atoms with Crippen LogP contribution in [0.4, 0.5) is 13.2 Å². The summed E-state index contributed by atoms with van der Waals surface area (Å²) < 4.78 is 31.7. The van der Waals surface area contributed by atoms with Crippen molar-refractivity contribution >= 4 is 11.9 Å². The summed E-state index contributed by atoms with van der Waals surface area (Å²) in [7, 11) is 3.56. The highest BCUT2D eigenvalue weighted by atomic mass is 19.4. The molecule has 0 aliphatic heterocycles. The molecule has 0 spiro atoms. The second kappa shape index (κ2) is 7.01. The largest absolute Gasteiger partial charge is 0.490 e. The third-order valence-electron chi connectivity index (χ3n) is 1.12. The number of carbonyl (C=O) groups is 2. The lowest BCUT2D eigenvalue weighted by Gasteiger charge is -2.11. The molecule has 1 unspecified atom stereocenters.